The third kappa shape index (κ3) is 1.48. The fourth-order valence-electron chi connectivity index (χ4n) is 2.09. The number of hydrogen-bond donors (Lipinski definition) is 1. The molecule has 0 bridgehead atoms. The molecule has 1 heterocycles. The molecule has 0 radical (unpaired) electrons. The number of likely N-dealkylation sites (N-methyl/N-ethyl adjacent to an activating group) is 1. The van der Waals surface area contributed by atoms with Crippen molar-refractivity contribution in [2.45, 2.75) is 26.2 Å². The Morgan fingerprint density at radius 3 is 2.67 bits per heavy atom. The highest BCUT2D eigenvalue weighted by Crippen LogP contribution is 2.38. The molecule has 1 aliphatic heterocycles. The molecule has 1 aromatic rings. The second-order valence-electron chi connectivity index (χ2n) is 4.33. The molecule has 1 aromatic carbocycles. The molecule has 3 heteroatoms. The van der Waals surface area contributed by atoms with Crippen LogP contribution in [0, 0.1) is 0 Å². The van der Waals surface area contributed by atoms with Crippen molar-refractivity contribution < 1.29 is 9.90 Å². The molecular formula is C12H15NO2. The predicted octanol–water partition coefficient (Wildman–Crippen LogP) is 2.03. The van der Waals surface area contributed by atoms with Gasteiger partial charge in [-0.05, 0) is 29.2 Å². The van der Waals surface area contributed by atoms with Crippen LogP contribution in [0.5, 0.6) is 5.75 Å². The number of anilines is 1. The van der Waals surface area contributed by atoms with Crippen molar-refractivity contribution in [3.8, 4) is 5.75 Å². The molecule has 0 spiro atoms. The largest absolute Gasteiger partial charge is 0.508 e. The lowest BCUT2D eigenvalue weighted by Crippen LogP contribution is -2.21. The molecule has 3 nitrogen and oxygen atoms in total. The lowest BCUT2D eigenvalue weighted by molar-refractivity contribution is -0.117. The number of aromatic hydroxyl groups is 1. The van der Waals surface area contributed by atoms with Gasteiger partial charge in [-0.1, -0.05) is 13.8 Å². The average Bonchev–Trinajstić information content (AvgIpc) is 2.41. The normalized spacial score (nSPS) is 14.9. The lowest BCUT2D eigenvalue weighted by Gasteiger charge is -2.18. The van der Waals surface area contributed by atoms with Gasteiger partial charge in [0, 0.05) is 7.05 Å². The van der Waals surface area contributed by atoms with Crippen LogP contribution in [0.3, 0.4) is 0 Å². The van der Waals surface area contributed by atoms with Gasteiger partial charge in [-0.15, -0.1) is 0 Å². The lowest BCUT2D eigenvalue weighted by atomic mass is 9.97. The van der Waals surface area contributed by atoms with Crippen LogP contribution in [0.2, 0.25) is 0 Å². The average molecular weight is 205 g/mol. The summed E-state index contributed by atoms with van der Waals surface area (Å²) in [6.45, 7) is 4.12. The minimum atomic E-state index is 0.0949. The van der Waals surface area contributed by atoms with Gasteiger partial charge < -0.3 is 10.0 Å². The van der Waals surface area contributed by atoms with Crippen LogP contribution in [0.1, 0.15) is 30.9 Å². The van der Waals surface area contributed by atoms with Crippen molar-refractivity contribution in [1.82, 2.24) is 0 Å². The Morgan fingerprint density at radius 1 is 1.40 bits per heavy atom. The summed E-state index contributed by atoms with van der Waals surface area (Å²) in [5, 5.41) is 9.57. The van der Waals surface area contributed by atoms with Crippen LogP contribution < -0.4 is 4.90 Å². The summed E-state index contributed by atoms with van der Waals surface area (Å²) < 4.78 is 0. The van der Waals surface area contributed by atoms with Gasteiger partial charge in [0.2, 0.25) is 5.91 Å². The number of rotatable bonds is 1. The summed E-state index contributed by atoms with van der Waals surface area (Å²) in [5.74, 6) is 0.650. The Bertz CT molecular complexity index is 424. The second kappa shape index (κ2) is 3.26. The van der Waals surface area contributed by atoms with E-state index in [9.17, 15) is 9.90 Å². The molecule has 1 N–H and O–H groups in total. The van der Waals surface area contributed by atoms with Crippen molar-refractivity contribution >= 4 is 11.6 Å². The maximum absolute atomic E-state index is 11.6. The number of carbonyl (C=O) groups is 1. The van der Waals surface area contributed by atoms with Crippen LogP contribution in [0.15, 0.2) is 12.1 Å². The summed E-state index contributed by atoms with van der Waals surface area (Å²) in [4.78, 5) is 13.2. The van der Waals surface area contributed by atoms with E-state index in [1.54, 1.807) is 24.1 Å². The monoisotopic (exact) mass is 205 g/mol. The van der Waals surface area contributed by atoms with Crippen LogP contribution in [-0.4, -0.2) is 18.1 Å². The summed E-state index contributed by atoms with van der Waals surface area (Å²) in [6.07, 6.45) is 0.403. The van der Waals surface area contributed by atoms with E-state index in [0.717, 1.165) is 16.8 Å². The van der Waals surface area contributed by atoms with Crippen LogP contribution in [-0.2, 0) is 11.2 Å². The molecule has 0 fully saturated rings. The Labute approximate surface area is 89.3 Å². The first-order chi connectivity index (χ1) is 7.00. The molecule has 2 rings (SSSR count). The zero-order valence-electron chi connectivity index (χ0n) is 9.24. The maximum Gasteiger partial charge on any atom is 0.231 e. The van der Waals surface area contributed by atoms with Crippen molar-refractivity contribution in [3.05, 3.63) is 23.3 Å². The maximum atomic E-state index is 11.6. The number of amides is 1. The Hall–Kier alpha value is -1.51. The van der Waals surface area contributed by atoms with E-state index < -0.39 is 0 Å². The van der Waals surface area contributed by atoms with Gasteiger partial charge in [0.15, 0.2) is 0 Å². The van der Waals surface area contributed by atoms with E-state index in [4.69, 9.17) is 0 Å². The molecular weight excluding hydrogens is 190 g/mol. The summed E-state index contributed by atoms with van der Waals surface area (Å²) in [6, 6.07) is 3.43. The number of benzene rings is 1. The van der Waals surface area contributed by atoms with Crippen LogP contribution in [0.25, 0.3) is 0 Å². The molecule has 15 heavy (non-hydrogen) atoms. The first-order valence-electron chi connectivity index (χ1n) is 5.13. The Balaban J connectivity index is 2.63. The quantitative estimate of drug-likeness (QED) is 0.762. The number of phenols is 1. The van der Waals surface area contributed by atoms with E-state index in [0.29, 0.717) is 12.3 Å². The smallest absolute Gasteiger partial charge is 0.231 e. The first kappa shape index (κ1) is 10.0. The third-order valence-corrected chi connectivity index (χ3v) is 2.88. The molecule has 0 saturated heterocycles. The zero-order chi connectivity index (χ0) is 11.2. The first-order valence-corrected chi connectivity index (χ1v) is 5.13. The van der Waals surface area contributed by atoms with Crippen LogP contribution in [0.4, 0.5) is 5.69 Å². The minimum Gasteiger partial charge on any atom is -0.508 e. The topological polar surface area (TPSA) is 40.5 Å². The van der Waals surface area contributed by atoms with Crippen LogP contribution >= 0.6 is 0 Å². The van der Waals surface area contributed by atoms with Crippen molar-refractivity contribution in [1.29, 1.82) is 0 Å². The third-order valence-electron chi connectivity index (χ3n) is 2.88. The van der Waals surface area contributed by atoms with Gasteiger partial charge in [0.05, 0.1) is 12.1 Å². The number of carbonyl (C=O) groups excluding carboxylic acids is 1. The zero-order valence-corrected chi connectivity index (χ0v) is 9.24. The number of nitrogens with zero attached hydrogens (tertiary/aromatic N) is 1. The van der Waals surface area contributed by atoms with Gasteiger partial charge in [-0.25, -0.2) is 0 Å². The summed E-state index contributed by atoms with van der Waals surface area (Å²) >= 11 is 0. The second-order valence-corrected chi connectivity index (χ2v) is 4.33. The fourth-order valence-corrected chi connectivity index (χ4v) is 2.09. The van der Waals surface area contributed by atoms with E-state index in [-0.39, 0.29) is 11.7 Å². The molecule has 0 aliphatic carbocycles. The fraction of sp³-hybridized carbons (Fsp3) is 0.417. The van der Waals surface area contributed by atoms with Gasteiger partial charge in [0.1, 0.15) is 5.75 Å². The number of phenolic OH excluding ortho intramolecular Hbond substituents is 1. The van der Waals surface area contributed by atoms with Crippen molar-refractivity contribution in [3.63, 3.8) is 0 Å². The van der Waals surface area contributed by atoms with Gasteiger partial charge in [-0.3, -0.25) is 4.79 Å². The van der Waals surface area contributed by atoms with E-state index in [2.05, 4.69) is 13.8 Å². The minimum absolute atomic E-state index is 0.0949. The Kier molecular flexibility index (Phi) is 2.18. The van der Waals surface area contributed by atoms with Gasteiger partial charge in [-0.2, -0.15) is 0 Å². The molecule has 0 aromatic heterocycles. The standard InChI is InChI=1S/C12H15NO2/c1-7(2)10-6-9(14)4-8-5-11(15)13(3)12(8)10/h4,6-7,14H,5H2,1-3H3. The Morgan fingerprint density at radius 2 is 2.07 bits per heavy atom. The molecule has 1 amide bonds. The molecule has 0 unspecified atom stereocenters. The molecule has 0 atom stereocenters. The predicted molar refractivity (Wildman–Crippen MR) is 59.3 cm³/mol. The van der Waals surface area contributed by atoms with Crippen molar-refractivity contribution in [2.24, 2.45) is 0 Å². The molecule has 1 aliphatic rings. The highest BCUT2D eigenvalue weighted by molar-refractivity contribution is 6.02. The van der Waals surface area contributed by atoms with Gasteiger partial charge in [0.25, 0.3) is 0 Å². The number of fused-ring (bicyclic) bond motifs is 1. The van der Waals surface area contributed by atoms with Crippen molar-refractivity contribution in [2.75, 3.05) is 11.9 Å². The number of hydrogen-bond acceptors (Lipinski definition) is 2. The van der Waals surface area contributed by atoms with E-state index in [1.807, 2.05) is 0 Å². The van der Waals surface area contributed by atoms with E-state index >= 15 is 0 Å². The SMILES string of the molecule is CC(C)c1cc(O)cc2c1N(C)C(=O)C2. The highest BCUT2D eigenvalue weighted by atomic mass is 16.3. The van der Waals surface area contributed by atoms with Gasteiger partial charge >= 0.3 is 0 Å². The van der Waals surface area contributed by atoms with E-state index in [1.165, 1.54) is 0 Å². The highest BCUT2D eigenvalue weighted by Gasteiger charge is 2.28. The molecule has 0 saturated carbocycles. The molecule has 80 valence electrons. The summed E-state index contributed by atoms with van der Waals surface area (Å²) in [5.41, 5.74) is 2.96. The summed E-state index contributed by atoms with van der Waals surface area (Å²) in [7, 11) is 1.79.